The molecule has 4 rings (SSSR count). The molecule has 2 heterocycles. The molecular formula is C23H22N4O2S2. The molecule has 0 unspecified atom stereocenters. The maximum absolute atomic E-state index is 12.4. The number of benzene rings is 2. The van der Waals surface area contributed by atoms with Crippen LogP contribution in [0.5, 0.6) is 0 Å². The number of nitrogens with one attached hydrogen (secondary N) is 1. The molecular weight excluding hydrogens is 428 g/mol. The maximum atomic E-state index is 12.4. The van der Waals surface area contributed by atoms with E-state index in [2.05, 4.69) is 44.8 Å². The molecule has 4 aromatic rings. The molecule has 0 spiro atoms. The number of carbonyl (C=O) groups excluding carboxylic acids is 1. The molecule has 0 aliphatic rings. The van der Waals surface area contributed by atoms with Crippen molar-refractivity contribution in [3.63, 3.8) is 0 Å². The average Bonchev–Trinajstić information content (AvgIpc) is 3.41. The van der Waals surface area contributed by atoms with Crippen molar-refractivity contribution in [1.29, 1.82) is 0 Å². The lowest BCUT2D eigenvalue weighted by Gasteiger charge is -2.14. The van der Waals surface area contributed by atoms with Gasteiger partial charge in [-0.1, -0.05) is 66.4 Å². The number of carbonyl (C=O) groups is 1. The number of thioether (sulfide) groups is 1. The fraction of sp³-hybridized carbons (Fsp3) is 0.217. The lowest BCUT2D eigenvalue weighted by Crippen LogP contribution is -2.28. The van der Waals surface area contributed by atoms with Gasteiger partial charge in [0.2, 0.25) is 11.8 Å². The predicted octanol–water partition coefficient (Wildman–Crippen LogP) is 5.06. The van der Waals surface area contributed by atoms with E-state index < -0.39 is 0 Å². The lowest BCUT2D eigenvalue weighted by atomic mass is 10.0. The third kappa shape index (κ3) is 5.80. The molecule has 0 aliphatic carbocycles. The summed E-state index contributed by atoms with van der Waals surface area (Å²) in [6.45, 7) is 3.93. The van der Waals surface area contributed by atoms with Gasteiger partial charge in [-0.05, 0) is 30.5 Å². The molecule has 0 aliphatic heterocycles. The number of aromatic nitrogens is 3. The summed E-state index contributed by atoms with van der Waals surface area (Å²) in [6, 6.07) is 18.4. The summed E-state index contributed by atoms with van der Waals surface area (Å²) in [5.74, 6) is 0.628. The minimum atomic E-state index is -0.0934. The molecule has 1 N–H and O–H groups in total. The van der Waals surface area contributed by atoms with Gasteiger partial charge < -0.3 is 9.73 Å². The van der Waals surface area contributed by atoms with Gasteiger partial charge in [0.05, 0.1) is 28.9 Å². The number of amides is 1. The van der Waals surface area contributed by atoms with Crippen LogP contribution >= 0.6 is 23.1 Å². The second kappa shape index (κ2) is 9.89. The lowest BCUT2D eigenvalue weighted by molar-refractivity contribution is -0.119. The summed E-state index contributed by atoms with van der Waals surface area (Å²) in [6.07, 6.45) is 0.500. The highest BCUT2D eigenvalue weighted by Crippen LogP contribution is 2.22. The average molecular weight is 451 g/mol. The minimum Gasteiger partial charge on any atom is -0.416 e. The molecule has 0 fully saturated rings. The van der Waals surface area contributed by atoms with E-state index >= 15 is 0 Å². The van der Waals surface area contributed by atoms with E-state index in [1.807, 2.05) is 49.6 Å². The molecule has 2 aromatic heterocycles. The second-order valence-corrected chi connectivity index (χ2v) is 9.05. The van der Waals surface area contributed by atoms with Crippen molar-refractivity contribution in [3.8, 4) is 11.1 Å². The number of thiazole rings is 1. The minimum absolute atomic E-state index is 0.0838. The van der Waals surface area contributed by atoms with Crippen LogP contribution in [-0.4, -0.2) is 26.8 Å². The Morgan fingerprint density at radius 2 is 1.84 bits per heavy atom. The van der Waals surface area contributed by atoms with Crippen molar-refractivity contribution in [1.82, 2.24) is 20.5 Å². The molecule has 1 amide bonds. The van der Waals surface area contributed by atoms with Gasteiger partial charge in [-0.25, -0.2) is 4.98 Å². The zero-order valence-electron chi connectivity index (χ0n) is 17.2. The Morgan fingerprint density at radius 1 is 1.10 bits per heavy atom. The molecule has 8 heteroatoms. The Balaban J connectivity index is 1.27. The molecule has 0 radical (unpaired) electrons. The third-order valence-corrected chi connectivity index (χ3v) is 6.31. The Labute approximate surface area is 189 Å². The van der Waals surface area contributed by atoms with Crippen LogP contribution in [0.2, 0.25) is 0 Å². The van der Waals surface area contributed by atoms with Crippen molar-refractivity contribution in [3.05, 3.63) is 82.1 Å². The largest absolute Gasteiger partial charge is 0.416 e. The third-order valence-electron chi connectivity index (χ3n) is 4.67. The fourth-order valence-corrected chi connectivity index (χ4v) is 4.31. The van der Waals surface area contributed by atoms with E-state index in [1.165, 1.54) is 17.3 Å². The van der Waals surface area contributed by atoms with E-state index in [1.54, 1.807) is 11.3 Å². The van der Waals surface area contributed by atoms with Gasteiger partial charge in [0, 0.05) is 5.38 Å². The zero-order valence-corrected chi connectivity index (χ0v) is 18.9. The van der Waals surface area contributed by atoms with E-state index in [9.17, 15) is 4.79 Å². The summed E-state index contributed by atoms with van der Waals surface area (Å²) >= 11 is 2.82. The van der Waals surface area contributed by atoms with Crippen LogP contribution in [0.4, 0.5) is 0 Å². The van der Waals surface area contributed by atoms with E-state index in [4.69, 9.17) is 4.42 Å². The van der Waals surface area contributed by atoms with E-state index in [-0.39, 0.29) is 17.7 Å². The van der Waals surface area contributed by atoms with Crippen molar-refractivity contribution in [2.45, 2.75) is 31.5 Å². The highest BCUT2D eigenvalue weighted by atomic mass is 32.2. The molecule has 0 saturated heterocycles. The van der Waals surface area contributed by atoms with Gasteiger partial charge >= 0.3 is 0 Å². The van der Waals surface area contributed by atoms with Crippen molar-refractivity contribution < 1.29 is 9.21 Å². The van der Waals surface area contributed by atoms with Crippen LogP contribution in [0.1, 0.15) is 35.1 Å². The molecule has 31 heavy (non-hydrogen) atoms. The van der Waals surface area contributed by atoms with E-state index in [0.717, 1.165) is 21.8 Å². The second-order valence-electron chi connectivity index (χ2n) is 7.06. The van der Waals surface area contributed by atoms with Crippen molar-refractivity contribution in [2.75, 3.05) is 5.75 Å². The summed E-state index contributed by atoms with van der Waals surface area (Å²) in [5, 5.41) is 14.4. The van der Waals surface area contributed by atoms with Gasteiger partial charge in [0.15, 0.2) is 0 Å². The Bertz CT molecular complexity index is 1140. The molecule has 2 aromatic carbocycles. The first-order valence-electron chi connectivity index (χ1n) is 9.88. The fourth-order valence-electron chi connectivity index (χ4n) is 3.10. The molecule has 6 nitrogen and oxygen atoms in total. The number of nitrogens with zero attached hydrogens (tertiary/aromatic N) is 3. The van der Waals surface area contributed by atoms with Crippen LogP contribution in [0, 0.1) is 6.92 Å². The van der Waals surface area contributed by atoms with Crippen LogP contribution in [0.15, 0.2) is 69.6 Å². The van der Waals surface area contributed by atoms with Crippen LogP contribution < -0.4 is 5.32 Å². The van der Waals surface area contributed by atoms with Crippen LogP contribution in [0.3, 0.4) is 0 Å². The van der Waals surface area contributed by atoms with Crippen LogP contribution in [-0.2, 0) is 11.2 Å². The Morgan fingerprint density at radius 3 is 2.55 bits per heavy atom. The van der Waals surface area contributed by atoms with Crippen molar-refractivity contribution >= 4 is 29.0 Å². The summed E-state index contributed by atoms with van der Waals surface area (Å²) in [5.41, 5.74) is 4.29. The van der Waals surface area contributed by atoms with Gasteiger partial charge in [0.25, 0.3) is 5.22 Å². The predicted molar refractivity (Wildman–Crippen MR) is 123 cm³/mol. The highest BCUT2D eigenvalue weighted by Gasteiger charge is 2.14. The topological polar surface area (TPSA) is 80.9 Å². The van der Waals surface area contributed by atoms with Crippen molar-refractivity contribution in [2.24, 2.45) is 0 Å². The number of hydrogen-bond donors (Lipinski definition) is 1. The maximum Gasteiger partial charge on any atom is 0.277 e. The standard InChI is InChI=1S/C23H22N4O2S2/c1-15(17-8-10-19(11-9-17)18-6-4-3-5-7-18)24-21(28)14-31-23-27-26-22(29-23)12-20-13-30-16(2)25-20/h3-11,13,15H,12,14H2,1-2H3,(H,24,28)/t15-/m1/s1. The molecule has 0 bridgehead atoms. The van der Waals surface area contributed by atoms with E-state index in [0.29, 0.717) is 17.5 Å². The number of hydrogen-bond acceptors (Lipinski definition) is 7. The van der Waals surface area contributed by atoms with Crippen LogP contribution in [0.25, 0.3) is 11.1 Å². The smallest absolute Gasteiger partial charge is 0.277 e. The molecule has 158 valence electrons. The van der Waals surface area contributed by atoms with Gasteiger partial charge in [-0.15, -0.1) is 21.5 Å². The first kappa shape index (κ1) is 21.3. The SMILES string of the molecule is Cc1nc(Cc2nnc(SCC(=O)N[C@H](C)c3ccc(-c4ccccc4)cc3)o2)cs1. The molecule has 1 atom stereocenters. The summed E-state index contributed by atoms with van der Waals surface area (Å²) in [4.78, 5) is 16.8. The first-order chi connectivity index (χ1) is 15.1. The van der Waals surface area contributed by atoms with Gasteiger partial charge in [0.1, 0.15) is 0 Å². The van der Waals surface area contributed by atoms with Gasteiger partial charge in [-0.2, -0.15) is 0 Å². The molecule has 0 saturated carbocycles. The number of rotatable bonds is 8. The highest BCUT2D eigenvalue weighted by molar-refractivity contribution is 7.99. The normalized spacial score (nSPS) is 11.9. The summed E-state index contributed by atoms with van der Waals surface area (Å²) < 4.78 is 5.62. The van der Waals surface area contributed by atoms with Gasteiger partial charge in [-0.3, -0.25) is 4.79 Å². The zero-order chi connectivity index (χ0) is 21.6. The first-order valence-corrected chi connectivity index (χ1v) is 11.7. The Kier molecular flexibility index (Phi) is 6.79. The Hall–Kier alpha value is -2.97. The monoisotopic (exact) mass is 450 g/mol. The quantitative estimate of drug-likeness (QED) is 0.378. The number of aryl methyl sites for hydroxylation is 1. The summed E-state index contributed by atoms with van der Waals surface area (Å²) in [7, 11) is 0.